The van der Waals surface area contributed by atoms with E-state index < -0.39 is 0 Å². The average molecular weight is 449 g/mol. The number of nitrogens with one attached hydrogen (secondary N) is 1. The number of imidazole rings is 1. The number of nitrogens with zero attached hydrogens (tertiary/aromatic N) is 3. The molecule has 6 nitrogen and oxygen atoms in total. The predicted octanol–water partition coefficient (Wildman–Crippen LogP) is 4.76. The summed E-state index contributed by atoms with van der Waals surface area (Å²) in [5, 5.41) is 3.74. The van der Waals surface area contributed by atoms with Gasteiger partial charge in [-0.05, 0) is 68.5 Å². The summed E-state index contributed by atoms with van der Waals surface area (Å²) >= 11 is 1.39. The van der Waals surface area contributed by atoms with Crippen molar-refractivity contribution in [2.24, 2.45) is 0 Å². The van der Waals surface area contributed by atoms with E-state index in [1.807, 2.05) is 46.9 Å². The van der Waals surface area contributed by atoms with Crippen LogP contribution in [0.2, 0.25) is 0 Å². The number of thioether (sulfide) groups is 1. The third kappa shape index (κ3) is 4.58. The number of likely N-dealkylation sites (tertiary alicyclic amines) is 1. The Balaban J connectivity index is 1.44. The molecule has 0 radical (unpaired) electrons. The van der Waals surface area contributed by atoms with Crippen molar-refractivity contribution >= 4 is 29.3 Å². The lowest BCUT2D eigenvalue weighted by Gasteiger charge is -2.18. The smallest absolute Gasteiger partial charge is 0.254 e. The molecule has 2 amide bonds. The number of carbonyl (C=O) groups is 2. The van der Waals surface area contributed by atoms with Gasteiger partial charge in [0.15, 0.2) is 5.16 Å². The Labute approximate surface area is 193 Å². The van der Waals surface area contributed by atoms with Crippen LogP contribution in [0.3, 0.4) is 0 Å². The van der Waals surface area contributed by atoms with Crippen LogP contribution < -0.4 is 5.32 Å². The van der Waals surface area contributed by atoms with Gasteiger partial charge in [-0.2, -0.15) is 0 Å². The summed E-state index contributed by atoms with van der Waals surface area (Å²) in [6.45, 7) is 7.67. The number of hydrogen-bond acceptors (Lipinski definition) is 4. The highest BCUT2D eigenvalue weighted by molar-refractivity contribution is 7.99. The molecule has 3 aromatic rings. The Morgan fingerprint density at radius 3 is 2.56 bits per heavy atom. The van der Waals surface area contributed by atoms with Crippen molar-refractivity contribution in [3.05, 3.63) is 71.0 Å². The molecule has 1 N–H and O–H groups in total. The van der Waals surface area contributed by atoms with Crippen molar-refractivity contribution in [2.45, 2.75) is 38.8 Å². The van der Waals surface area contributed by atoms with Gasteiger partial charge < -0.3 is 10.2 Å². The first-order valence-electron chi connectivity index (χ1n) is 10.9. The number of rotatable bonds is 6. The molecule has 32 heavy (non-hydrogen) atoms. The van der Waals surface area contributed by atoms with E-state index in [1.54, 1.807) is 6.20 Å². The lowest BCUT2D eigenvalue weighted by molar-refractivity contribution is -0.113. The predicted molar refractivity (Wildman–Crippen MR) is 129 cm³/mol. The van der Waals surface area contributed by atoms with Gasteiger partial charge in [0.25, 0.3) is 5.91 Å². The van der Waals surface area contributed by atoms with Crippen molar-refractivity contribution in [1.82, 2.24) is 14.5 Å². The topological polar surface area (TPSA) is 67.2 Å². The average Bonchev–Trinajstić information content (AvgIpc) is 3.47. The molecule has 1 fully saturated rings. The number of carbonyl (C=O) groups excluding carboxylic acids is 2. The van der Waals surface area contributed by atoms with Gasteiger partial charge >= 0.3 is 0 Å². The van der Waals surface area contributed by atoms with Crippen molar-refractivity contribution in [3.63, 3.8) is 0 Å². The van der Waals surface area contributed by atoms with E-state index in [1.165, 1.54) is 22.9 Å². The summed E-state index contributed by atoms with van der Waals surface area (Å²) in [7, 11) is 0. The summed E-state index contributed by atoms with van der Waals surface area (Å²) < 4.78 is 2.01. The Morgan fingerprint density at radius 1 is 1.03 bits per heavy atom. The Bertz CT molecular complexity index is 1150. The van der Waals surface area contributed by atoms with Gasteiger partial charge in [-0.25, -0.2) is 4.98 Å². The molecule has 0 unspecified atom stereocenters. The molecule has 0 atom stereocenters. The van der Waals surface area contributed by atoms with Gasteiger partial charge in [0.05, 0.1) is 11.4 Å². The van der Waals surface area contributed by atoms with E-state index >= 15 is 0 Å². The molecule has 1 aromatic heterocycles. The van der Waals surface area contributed by atoms with Crippen LogP contribution in [0.4, 0.5) is 5.69 Å². The van der Waals surface area contributed by atoms with Gasteiger partial charge in [-0.3, -0.25) is 14.2 Å². The normalized spacial score (nSPS) is 13.4. The van der Waals surface area contributed by atoms with E-state index in [0.29, 0.717) is 11.3 Å². The summed E-state index contributed by atoms with van der Waals surface area (Å²) in [6.07, 6.45) is 5.77. The molecule has 1 aliphatic heterocycles. The van der Waals surface area contributed by atoms with Crippen LogP contribution in [0.25, 0.3) is 5.69 Å². The molecular formula is C25H28N4O2S. The van der Waals surface area contributed by atoms with Crippen molar-refractivity contribution in [1.29, 1.82) is 0 Å². The lowest BCUT2D eigenvalue weighted by atomic mass is 10.1. The second-order valence-corrected chi connectivity index (χ2v) is 9.06. The standard InChI is InChI=1S/C25H28N4O2S/c1-17-8-6-11-22(18(17)2)29-15-12-26-25(29)32-16-23(30)27-21-10-7-9-20(19(21)3)24(31)28-13-4-5-14-28/h6-12,15H,4-5,13-14,16H2,1-3H3,(H,27,30). The van der Waals surface area contributed by atoms with Gasteiger partial charge in [-0.15, -0.1) is 0 Å². The molecule has 1 saturated heterocycles. The van der Waals surface area contributed by atoms with Crippen LogP contribution in [0.5, 0.6) is 0 Å². The molecule has 0 saturated carbocycles. The second-order valence-electron chi connectivity index (χ2n) is 8.11. The van der Waals surface area contributed by atoms with Gasteiger partial charge in [-0.1, -0.05) is 30.0 Å². The molecule has 7 heteroatoms. The van der Waals surface area contributed by atoms with Crippen LogP contribution in [0.15, 0.2) is 53.9 Å². The minimum atomic E-state index is -0.126. The maximum atomic E-state index is 12.8. The van der Waals surface area contributed by atoms with Crippen molar-refractivity contribution in [3.8, 4) is 5.69 Å². The van der Waals surface area contributed by atoms with Crippen LogP contribution in [-0.4, -0.2) is 45.1 Å². The van der Waals surface area contributed by atoms with E-state index in [0.717, 1.165) is 42.3 Å². The zero-order valence-corrected chi connectivity index (χ0v) is 19.5. The lowest BCUT2D eigenvalue weighted by Crippen LogP contribution is -2.28. The fourth-order valence-corrected chi connectivity index (χ4v) is 4.75. The minimum absolute atomic E-state index is 0.0426. The largest absolute Gasteiger partial charge is 0.339 e. The number of aryl methyl sites for hydroxylation is 1. The van der Waals surface area contributed by atoms with E-state index in [4.69, 9.17) is 0 Å². The third-order valence-corrected chi connectivity index (χ3v) is 6.97. The molecule has 2 heterocycles. The number of amides is 2. The molecule has 166 valence electrons. The van der Waals surface area contributed by atoms with Crippen LogP contribution in [0.1, 0.15) is 39.9 Å². The van der Waals surface area contributed by atoms with Gasteiger partial charge in [0, 0.05) is 36.7 Å². The zero-order valence-electron chi connectivity index (χ0n) is 18.7. The highest BCUT2D eigenvalue weighted by Gasteiger charge is 2.22. The van der Waals surface area contributed by atoms with Gasteiger partial charge in [0.2, 0.25) is 5.91 Å². The van der Waals surface area contributed by atoms with E-state index in [-0.39, 0.29) is 17.6 Å². The summed E-state index contributed by atoms with van der Waals surface area (Å²) in [6, 6.07) is 11.7. The van der Waals surface area contributed by atoms with Crippen molar-refractivity contribution in [2.75, 3.05) is 24.2 Å². The molecule has 0 spiro atoms. The third-order valence-electron chi connectivity index (χ3n) is 6.01. The monoisotopic (exact) mass is 448 g/mol. The fourth-order valence-electron chi connectivity index (χ4n) is 3.99. The van der Waals surface area contributed by atoms with Crippen LogP contribution >= 0.6 is 11.8 Å². The first-order valence-corrected chi connectivity index (χ1v) is 11.9. The first-order chi connectivity index (χ1) is 15.5. The summed E-state index contributed by atoms with van der Waals surface area (Å²) in [4.78, 5) is 31.8. The van der Waals surface area contributed by atoms with Crippen LogP contribution in [0, 0.1) is 20.8 Å². The number of hydrogen-bond donors (Lipinski definition) is 1. The quantitative estimate of drug-likeness (QED) is 0.552. The summed E-state index contributed by atoms with van der Waals surface area (Å²) in [5.41, 5.74) is 5.60. The Kier molecular flexibility index (Phi) is 6.65. The van der Waals surface area contributed by atoms with E-state index in [9.17, 15) is 9.59 Å². The highest BCUT2D eigenvalue weighted by atomic mass is 32.2. The molecular weight excluding hydrogens is 420 g/mol. The Morgan fingerprint density at radius 2 is 1.78 bits per heavy atom. The number of aromatic nitrogens is 2. The van der Waals surface area contributed by atoms with Gasteiger partial charge in [0.1, 0.15) is 0 Å². The zero-order chi connectivity index (χ0) is 22.7. The Hall–Kier alpha value is -3.06. The fraction of sp³-hybridized carbons (Fsp3) is 0.320. The maximum absolute atomic E-state index is 12.8. The molecule has 4 rings (SSSR count). The van der Waals surface area contributed by atoms with Crippen molar-refractivity contribution < 1.29 is 9.59 Å². The first kappa shape index (κ1) is 22.1. The minimum Gasteiger partial charge on any atom is -0.339 e. The number of benzene rings is 2. The summed E-state index contributed by atoms with van der Waals surface area (Å²) in [5.74, 6) is 0.145. The SMILES string of the molecule is Cc1cccc(-n2ccnc2SCC(=O)Nc2cccc(C(=O)N3CCCC3)c2C)c1C. The van der Waals surface area contributed by atoms with Crippen LogP contribution in [-0.2, 0) is 4.79 Å². The van der Waals surface area contributed by atoms with E-state index in [2.05, 4.69) is 36.3 Å². The molecule has 2 aromatic carbocycles. The molecule has 0 bridgehead atoms. The highest BCUT2D eigenvalue weighted by Crippen LogP contribution is 2.26. The number of anilines is 1. The maximum Gasteiger partial charge on any atom is 0.254 e. The second kappa shape index (κ2) is 9.61. The molecule has 1 aliphatic rings. The molecule has 0 aliphatic carbocycles.